The van der Waals surface area contributed by atoms with Crippen molar-refractivity contribution in [1.29, 1.82) is 0 Å². The molecule has 0 fully saturated rings. The van der Waals surface area contributed by atoms with Crippen LogP contribution in [0.1, 0.15) is 24.0 Å². The van der Waals surface area contributed by atoms with Gasteiger partial charge in [0.05, 0.1) is 0 Å². The molecule has 0 bridgehead atoms. The lowest BCUT2D eigenvalue weighted by atomic mass is 9.92. The predicted octanol–water partition coefficient (Wildman–Crippen LogP) is 2.44. The molecule has 0 N–H and O–H groups in total. The fraction of sp³-hybridized carbons (Fsp3) is 0.308. The number of rotatable bonds is 0. The predicted molar refractivity (Wildman–Crippen MR) is 62.9 cm³/mol. The van der Waals surface area contributed by atoms with Crippen LogP contribution in [0.2, 0.25) is 0 Å². The monoisotopic (exact) mass is 213 g/mol. The highest BCUT2D eigenvalue weighted by atomic mass is 14.9. The van der Waals surface area contributed by atoms with Crippen LogP contribution in [-0.2, 0) is 12.8 Å². The van der Waals surface area contributed by atoms with E-state index in [2.05, 4.69) is 39.2 Å². The van der Waals surface area contributed by atoms with Crippen LogP contribution in [0.15, 0.2) is 43.2 Å². The molecule has 1 aromatic carbocycles. The second-order valence-corrected chi connectivity index (χ2v) is 3.77. The second-order valence-electron chi connectivity index (χ2n) is 3.77. The van der Waals surface area contributed by atoms with Gasteiger partial charge in [-0.05, 0) is 36.8 Å². The summed E-state index contributed by atoms with van der Waals surface area (Å²) in [6.45, 7) is 0. The lowest BCUT2D eigenvalue weighted by Crippen LogP contribution is -2.00. The Balaban J connectivity index is 0.000000138. The van der Waals surface area contributed by atoms with Crippen molar-refractivity contribution in [3.05, 3.63) is 54.4 Å². The number of hydrogen-bond acceptors (Lipinski definition) is 3. The summed E-state index contributed by atoms with van der Waals surface area (Å²) in [4.78, 5) is 10.7. The molecule has 82 valence electrons. The number of aromatic nitrogens is 3. The number of nitrogens with zero attached hydrogens (tertiary/aromatic N) is 3. The van der Waals surface area contributed by atoms with Crippen LogP contribution >= 0.6 is 0 Å². The molecule has 0 amide bonds. The van der Waals surface area contributed by atoms with Crippen LogP contribution in [0.5, 0.6) is 0 Å². The molecule has 0 unspecified atom stereocenters. The smallest absolute Gasteiger partial charge is 0.119 e. The van der Waals surface area contributed by atoms with Crippen LogP contribution in [0.4, 0.5) is 0 Å². The minimum absolute atomic E-state index is 1.30. The van der Waals surface area contributed by atoms with Gasteiger partial charge in [-0.2, -0.15) is 0 Å². The number of hydrogen-bond donors (Lipinski definition) is 0. The zero-order valence-corrected chi connectivity index (χ0v) is 9.21. The van der Waals surface area contributed by atoms with E-state index in [1.807, 2.05) is 0 Å². The van der Waals surface area contributed by atoms with E-state index in [9.17, 15) is 0 Å². The second kappa shape index (κ2) is 5.95. The summed E-state index contributed by atoms with van der Waals surface area (Å²) in [6, 6.07) is 8.80. The van der Waals surface area contributed by atoms with E-state index < -0.39 is 0 Å². The van der Waals surface area contributed by atoms with Crippen molar-refractivity contribution >= 4 is 0 Å². The van der Waals surface area contributed by atoms with Crippen molar-refractivity contribution in [2.45, 2.75) is 25.7 Å². The summed E-state index contributed by atoms with van der Waals surface area (Å²) in [5.74, 6) is 0. The summed E-state index contributed by atoms with van der Waals surface area (Å²) in [7, 11) is 0. The average Bonchev–Trinajstić information content (AvgIpc) is 2.42. The van der Waals surface area contributed by atoms with Gasteiger partial charge >= 0.3 is 0 Å². The number of fused-ring (bicyclic) bond motifs is 1. The van der Waals surface area contributed by atoms with E-state index in [4.69, 9.17) is 0 Å². The normalized spacial score (nSPS) is 13.2. The fourth-order valence-electron chi connectivity index (χ4n) is 1.88. The summed E-state index contributed by atoms with van der Waals surface area (Å²) in [6.07, 6.45) is 9.69. The average molecular weight is 213 g/mol. The van der Waals surface area contributed by atoms with Crippen molar-refractivity contribution in [3.63, 3.8) is 0 Å². The van der Waals surface area contributed by atoms with Crippen molar-refractivity contribution in [2.75, 3.05) is 0 Å². The molecule has 16 heavy (non-hydrogen) atoms. The van der Waals surface area contributed by atoms with Crippen molar-refractivity contribution in [3.8, 4) is 0 Å². The third-order valence-corrected chi connectivity index (χ3v) is 2.66. The van der Waals surface area contributed by atoms with Crippen LogP contribution in [0.25, 0.3) is 0 Å². The Labute approximate surface area is 95.6 Å². The third kappa shape index (κ3) is 3.12. The first-order chi connectivity index (χ1) is 7.97. The molecule has 0 spiro atoms. The Bertz CT molecular complexity index is 363. The molecule has 1 aliphatic rings. The summed E-state index contributed by atoms with van der Waals surface area (Å²) in [5.41, 5.74) is 3.16. The van der Waals surface area contributed by atoms with Gasteiger partial charge in [0.15, 0.2) is 0 Å². The highest BCUT2D eigenvalue weighted by Crippen LogP contribution is 2.19. The molecule has 1 aliphatic carbocycles. The van der Waals surface area contributed by atoms with Gasteiger partial charge in [0.2, 0.25) is 0 Å². The topological polar surface area (TPSA) is 38.7 Å². The van der Waals surface area contributed by atoms with E-state index in [-0.39, 0.29) is 0 Å². The summed E-state index contributed by atoms with van der Waals surface area (Å²) < 4.78 is 0. The first kappa shape index (κ1) is 10.7. The lowest BCUT2D eigenvalue weighted by Gasteiger charge is -2.13. The van der Waals surface area contributed by atoms with Gasteiger partial charge in [0, 0.05) is 0 Å². The minimum Gasteiger partial charge on any atom is -0.225 e. The van der Waals surface area contributed by atoms with Crippen LogP contribution in [0, 0.1) is 0 Å². The maximum absolute atomic E-state index is 3.56. The lowest BCUT2D eigenvalue weighted by molar-refractivity contribution is 0.685. The van der Waals surface area contributed by atoms with Crippen LogP contribution in [0.3, 0.4) is 0 Å². The van der Waals surface area contributed by atoms with Gasteiger partial charge in [-0.15, -0.1) is 0 Å². The molecule has 0 saturated heterocycles. The Hall–Kier alpha value is -1.77. The SMILES string of the molecule is c1ccc2c(c1)CCCC2.c1ncncn1. The standard InChI is InChI=1S/C10H12.C3H3N3/c1-2-6-10-8-4-3-7-9(10)5-1;1-4-2-6-3-5-1/h1-2,5-6H,3-4,7-8H2;1-3H. The molecular weight excluding hydrogens is 198 g/mol. The molecule has 3 rings (SSSR count). The molecule has 0 atom stereocenters. The van der Waals surface area contributed by atoms with Gasteiger partial charge in [-0.25, -0.2) is 15.0 Å². The Morgan fingerprint density at radius 2 is 1.12 bits per heavy atom. The molecule has 2 aromatic rings. The molecule has 1 heterocycles. The summed E-state index contributed by atoms with van der Waals surface area (Å²) >= 11 is 0. The molecule has 0 saturated carbocycles. The number of aryl methyl sites for hydroxylation is 2. The van der Waals surface area contributed by atoms with Gasteiger partial charge in [-0.3, -0.25) is 0 Å². The van der Waals surface area contributed by atoms with E-state index in [1.54, 1.807) is 11.1 Å². The first-order valence-corrected chi connectivity index (χ1v) is 5.58. The molecular formula is C13H15N3. The molecule has 3 heteroatoms. The maximum Gasteiger partial charge on any atom is 0.119 e. The highest BCUT2D eigenvalue weighted by Gasteiger charge is 2.05. The van der Waals surface area contributed by atoms with Crippen molar-refractivity contribution in [1.82, 2.24) is 15.0 Å². The van der Waals surface area contributed by atoms with E-state index in [0.29, 0.717) is 0 Å². The molecule has 1 aromatic heterocycles. The minimum atomic E-state index is 1.30. The van der Waals surface area contributed by atoms with Gasteiger partial charge in [-0.1, -0.05) is 24.3 Å². The van der Waals surface area contributed by atoms with Gasteiger partial charge < -0.3 is 0 Å². The summed E-state index contributed by atoms with van der Waals surface area (Å²) in [5, 5.41) is 0. The van der Waals surface area contributed by atoms with E-state index in [1.165, 1.54) is 44.7 Å². The zero-order valence-electron chi connectivity index (χ0n) is 9.21. The zero-order chi connectivity index (χ0) is 11.1. The fourth-order valence-corrected chi connectivity index (χ4v) is 1.88. The van der Waals surface area contributed by atoms with E-state index in [0.717, 1.165) is 0 Å². The van der Waals surface area contributed by atoms with Crippen LogP contribution in [-0.4, -0.2) is 15.0 Å². The Morgan fingerprint density at radius 3 is 1.50 bits per heavy atom. The van der Waals surface area contributed by atoms with Crippen molar-refractivity contribution < 1.29 is 0 Å². The van der Waals surface area contributed by atoms with Gasteiger partial charge in [0.1, 0.15) is 19.0 Å². The molecule has 0 radical (unpaired) electrons. The van der Waals surface area contributed by atoms with Crippen LogP contribution < -0.4 is 0 Å². The first-order valence-electron chi connectivity index (χ1n) is 5.58. The number of benzene rings is 1. The Morgan fingerprint density at radius 1 is 0.688 bits per heavy atom. The quantitative estimate of drug-likeness (QED) is 0.674. The molecule has 0 aliphatic heterocycles. The van der Waals surface area contributed by atoms with Gasteiger partial charge in [0.25, 0.3) is 0 Å². The van der Waals surface area contributed by atoms with Crippen molar-refractivity contribution in [2.24, 2.45) is 0 Å². The molecule has 3 nitrogen and oxygen atoms in total. The Kier molecular flexibility index (Phi) is 4.00. The maximum atomic E-state index is 3.56. The third-order valence-electron chi connectivity index (χ3n) is 2.66. The highest BCUT2D eigenvalue weighted by molar-refractivity contribution is 5.28. The van der Waals surface area contributed by atoms with E-state index >= 15 is 0 Å². The largest absolute Gasteiger partial charge is 0.225 e.